The zero-order valence-electron chi connectivity index (χ0n) is 15.3. The highest BCUT2D eigenvalue weighted by molar-refractivity contribution is 6.32. The molecule has 0 saturated carbocycles. The highest BCUT2D eigenvalue weighted by atomic mass is 35.5. The van der Waals surface area contributed by atoms with E-state index in [1.165, 1.54) is 7.11 Å². The third-order valence-corrected chi connectivity index (χ3v) is 4.45. The Labute approximate surface area is 163 Å². The topological polar surface area (TPSA) is 88.0 Å². The zero-order chi connectivity index (χ0) is 19.8. The van der Waals surface area contributed by atoms with Crippen molar-refractivity contribution < 1.29 is 24.5 Å². The molecule has 0 aliphatic heterocycles. The Morgan fingerprint density at radius 1 is 1.22 bits per heavy atom. The summed E-state index contributed by atoms with van der Waals surface area (Å²) in [4.78, 5) is 11.1. The summed E-state index contributed by atoms with van der Waals surface area (Å²) in [6, 6.07) is 11.7. The van der Waals surface area contributed by atoms with Gasteiger partial charge in [0.15, 0.2) is 6.61 Å². The Bertz CT molecular complexity index is 751. The van der Waals surface area contributed by atoms with Gasteiger partial charge in [-0.05, 0) is 55.3 Å². The number of benzene rings is 2. The molecule has 3 N–H and O–H groups in total. The summed E-state index contributed by atoms with van der Waals surface area (Å²) in [7, 11) is 1.29. The van der Waals surface area contributed by atoms with Crippen LogP contribution in [0.1, 0.15) is 24.2 Å². The summed E-state index contributed by atoms with van der Waals surface area (Å²) in [6.07, 6.45) is 0.0344. The number of aliphatic hydroxyl groups excluding tert-OH is 1. The van der Waals surface area contributed by atoms with Gasteiger partial charge in [-0.15, -0.1) is 0 Å². The SMILES string of the molecule is COC(=O)COc1ccc(CCN[C@@H](C)[C@H](O)c2ccc(O)cc2)cc1Cl. The van der Waals surface area contributed by atoms with Crippen LogP contribution < -0.4 is 10.1 Å². The number of carbonyl (C=O) groups excluding carboxylic acids is 1. The van der Waals surface area contributed by atoms with Crippen molar-refractivity contribution in [3.8, 4) is 11.5 Å². The number of carbonyl (C=O) groups is 1. The average molecular weight is 394 g/mol. The Morgan fingerprint density at radius 2 is 1.93 bits per heavy atom. The third-order valence-electron chi connectivity index (χ3n) is 4.16. The lowest BCUT2D eigenvalue weighted by Crippen LogP contribution is -2.33. The van der Waals surface area contributed by atoms with E-state index in [1.54, 1.807) is 36.4 Å². The van der Waals surface area contributed by atoms with Crippen LogP contribution in [0.5, 0.6) is 11.5 Å². The lowest BCUT2D eigenvalue weighted by atomic mass is 10.0. The van der Waals surface area contributed by atoms with E-state index in [-0.39, 0.29) is 18.4 Å². The number of methoxy groups -OCH3 is 1. The number of ether oxygens (including phenoxy) is 2. The minimum atomic E-state index is -0.678. The molecule has 0 fully saturated rings. The molecule has 0 bridgehead atoms. The molecule has 0 amide bonds. The normalized spacial score (nSPS) is 13.0. The van der Waals surface area contributed by atoms with Gasteiger partial charge in [-0.2, -0.15) is 0 Å². The van der Waals surface area contributed by atoms with E-state index < -0.39 is 12.1 Å². The quantitative estimate of drug-likeness (QED) is 0.568. The molecule has 0 spiro atoms. The monoisotopic (exact) mass is 393 g/mol. The number of phenols is 1. The van der Waals surface area contributed by atoms with Gasteiger partial charge in [0, 0.05) is 6.04 Å². The maximum Gasteiger partial charge on any atom is 0.343 e. The predicted octanol–water partition coefficient (Wildman–Crippen LogP) is 2.85. The molecule has 2 aromatic carbocycles. The Morgan fingerprint density at radius 3 is 2.56 bits per heavy atom. The molecule has 0 radical (unpaired) electrons. The van der Waals surface area contributed by atoms with Crippen LogP contribution >= 0.6 is 11.6 Å². The molecule has 0 aliphatic carbocycles. The molecule has 0 aromatic heterocycles. The molecule has 0 aliphatic rings. The van der Waals surface area contributed by atoms with Crippen LogP contribution in [0.4, 0.5) is 0 Å². The van der Waals surface area contributed by atoms with Crippen LogP contribution in [0, 0.1) is 0 Å². The van der Waals surface area contributed by atoms with Gasteiger partial charge < -0.3 is 25.0 Å². The van der Waals surface area contributed by atoms with Gasteiger partial charge in [0.05, 0.1) is 18.2 Å². The molecule has 0 unspecified atom stereocenters. The standard InChI is InChI=1S/C20H24ClNO5/c1-13(20(25)15-4-6-16(23)7-5-15)22-10-9-14-3-8-18(17(21)11-14)27-12-19(24)26-2/h3-8,11,13,20,22-23,25H,9-10,12H2,1-2H3/t13-,20-/m0/s1. The molecule has 146 valence electrons. The predicted molar refractivity (Wildman–Crippen MR) is 103 cm³/mol. The summed E-state index contributed by atoms with van der Waals surface area (Å²) in [5.41, 5.74) is 1.74. The number of aliphatic hydroxyl groups is 1. The molecule has 7 heteroatoms. The average Bonchev–Trinajstić information content (AvgIpc) is 2.67. The Balaban J connectivity index is 1.83. The van der Waals surface area contributed by atoms with Gasteiger partial charge in [0.1, 0.15) is 11.5 Å². The van der Waals surface area contributed by atoms with Crippen LogP contribution in [0.2, 0.25) is 5.02 Å². The molecular weight excluding hydrogens is 370 g/mol. The second-order valence-corrected chi connectivity index (χ2v) is 6.57. The number of aromatic hydroxyl groups is 1. The fraction of sp³-hybridized carbons (Fsp3) is 0.350. The van der Waals surface area contributed by atoms with E-state index >= 15 is 0 Å². The maximum absolute atomic E-state index is 11.1. The Hall–Kier alpha value is -2.28. The zero-order valence-corrected chi connectivity index (χ0v) is 16.1. The van der Waals surface area contributed by atoms with Crippen LogP contribution in [0.3, 0.4) is 0 Å². The molecule has 2 atom stereocenters. The first-order valence-corrected chi connectivity index (χ1v) is 8.97. The van der Waals surface area contributed by atoms with Gasteiger partial charge in [-0.25, -0.2) is 4.79 Å². The highest BCUT2D eigenvalue weighted by Crippen LogP contribution is 2.26. The molecule has 0 saturated heterocycles. The summed E-state index contributed by atoms with van der Waals surface area (Å²) in [6.45, 7) is 2.35. The molecule has 2 aromatic rings. The first-order valence-electron chi connectivity index (χ1n) is 8.59. The number of halogens is 1. The Kier molecular flexibility index (Phi) is 7.91. The van der Waals surface area contributed by atoms with Crippen molar-refractivity contribution in [3.05, 3.63) is 58.6 Å². The summed E-state index contributed by atoms with van der Waals surface area (Å²) in [5.74, 6) is 0.123. The number of esters is 1. The molecule has 27 heavy (non-hydrogen) atoms. The minimum absolute atomic E-state index is 0.160. The first-order chi connectivity index (χ1) is 12.9. The molecule has 0 heterocycles. The van der Waals surface area contributed by atoms with E-state index in [0.717, 1.165) is 11.1 Å². The van der Waals surface area contributed by atoms with Crippen LogP contribution in [-0.2, 0) is 16.0 Å². The number of phenolic OH excluding ortho intramolecular Hbond substituents is 1. The molecular formula is C20H24ClNO5. The summed E-state index contributed by atoms with van der Waals surface area (Å²) in [5, 5.41) is 23.4. The van der Waals surface area contributed by atoms with Gasteiger partial charge >= 0.3 is 5.97 Å². The lowest BCUT2D eigenvalue weighted by molar-refractivity contribution is -0.142. The second-order valence-electron chi connectivity index (χ2n) is 6.16. The smallest absolute Gasteiger partial charge is 0.343 e. The van der Waals surface area contributed by atoms with Crippen molar-refractivity contribution in [1.29, 1.82) is 0 Å². The van der Waals surface area contributed by atoms with Crippen molar-refractivity contribution in [2.75, 3.05) is 20.3 Å². The number of nitrogens with one attached hydrogen (secondary N) is 1. The van der Waals surface area contributed by atoms with E-state index in [1.807, 2.05) is 13.0 Å². The van der Waals surface area contributed by atoms with Crippen molar-refractivity contribution >= 4 is 17.6 Å². The van der Waals surface area contributed by atoms with E-state index in [0.29, 0.717) is 23.7 Å². The van der Waals surface area contributed by atoms with E-state index in [4.69, 9.17) is 16.3 Å². The van der Waals surface area contributed by atoms with Gasteiger partial charge in [0.25, 0.3) is 0 Å². The number of rotatable bonds is 9. The van der Waals surface area contributed by atoms with Gasteiger partial charge in [-0.3, -0.25) is 0 Å². The largest absolute Gasteiger partial charge is 0.508 e. The van der Waals surface area contributed by atoms with Crippen molar-refractivity contribution in [1.82, 2.24) is 5.32 Å². The minimum Gasteiger partial charge on any atom is -0.508 e. The lowest BCUT2D eigenvalue weighted by Gasteiger charge is -2.21. The third kappa shape index (κ3) is 6.43. The van der Waals surface area contributed by atoms with E-state index in [2.05, 4.69) is 10.1 Å². The van der Waals surface area contributed by atoms with Crippen LogP contribution in [0.15, 0.2) is 42.5 Å². The summed E-state index contributed by atoms with van der Waals surface area (Å²) < 4.78 is 9.82. The van der Waals surface area contributed by atoms with Crippen LogP contribution in [0.25, 0.3) is 0 Å². The van der Waals surface area contributed by atoms with Crippen molar-refractivity contribution in [3.63, 3.8) is 0 Å². The fourth-order valence-corrected chi connectivity index (χ4v) is 2.79. The number of hydrogen-bond donors (Lipinski definition) is 3. The maximum atomic E-state index is 11.1. The molecule has 6 nitrogen and oxygen atoms in total. The highest BCUT2D eigenvalue weighted by Gasteiger charge is 2.15. The summed E-state index contributed by atoms with van der Waals surface area (Å²) >= 11 is 6.18. The van der Waals surface area contributed by atoms with Gasteiger partial charge in [-0.1, -0.05) is 29.8 Å². The fourth-order valence-electron chi connectivity index (χ4n) is 2.53. The van der Waals surface area contributed by atoms with Crippen molar-refractivity contribution in [2.45, 2.75) is 25.5 Å². The molecule has 2 rings (SSSR count). The second kappa shape index (κ2) is 10.2. The van der Waals surface area contributed by atoms with Crippen molar-refractivity contribution in [2.24, 2.45) is 0 Å². The first kappa shape index (κ1) is 21.0. The van der Waals surface area contributed by atoms with Gasteiger partial charge in [0.2, 0.25) is 0 Å². The number of hydrogen-bond acceptors (Lipinski definition) is 6. The van der Waals surface area contributed by atoms with Crippen LogP contribution in [-0.4, -0.2) is 42.5 Å². The van der Waals surface area contributed by atoms with E-state index in [9.17, 15) is 15.0 Å².